The maximum Gasteiger partial charge on any atom is 0.334 e. The third-order valence-electron chi connectivity index (χ3n) is 1.67. The fourth-order valence-electron chi connectivity index (χ4n) is 0.841. The highest BCUT2D eigenvalue weighted by molar-refractivity contribution is 5.87. The Kier molecular flexibility index (Phi) is 2.86. The van der Waals surface area contributed by atoms with Crippen LogP contribution in [-0.4, -0.2) is 12.1 Å². The quantitative estimate of drug-likeness (QED) is 0.471. The fourth-order valence-corrected chi connectivity index (χ4v) is 0.841. The number of rotatable bonds is 3. The highest BCUT2D eigenvalue weighted by Crippen LogP contribution is 2.08. The average Bonchev–Trinajstić information content (AvgIpc) is 2.55. The van der Waals surface area contributed by atoms with Crippen molar-refractivity contribution in [3.05, 3.63) is 36.5 Å². The summed E-state index contributed by atoms with van der Waals surface area (Å²) in [6.07, 6.45) is 7.79. The Labute approximate surface area is 72.2 Å². The Morgan fingerprint density at radius 1 is 1.50 bits per heavy atom. The van der Waals surface area contributed by atoms with E-state index in [1.54, 1.807) is 0 Å². The molecule has 0 amide bonds. The molecule has 0 atom stereocenters. The van der Waals surface area contributed by atoms with Crippen molar-refractivity contribution in [2.45, 2.75) is 19.4 Å². The third-order valence-corrected chi connectivity index (χ3v) is 1.67. The molecule has 0 aromatic heterocycles. The maximum atomic E-state index is 11.1. The summed E-state index contributed by atoms with van der Waals surface area (Å²) >= 11 is 0. The summed E-state index contributed by atoms with van der Waals surface area (Å²) < 4.78 is 5.05. The minimum atomic E-state index is -0.307. The minimum Gasteiger partial charge on any atom is -0.450 e. The highest BCUT2D eigenvalue weighted by atomic mass is 16.5. The molecule has 0 saturated heterocycles. The van der Waals surface area contributed by atoms with Gasteiger partial charge in [0, 0.05) is 5.57 Å². The average molecular weight is 164 g/mol. The number of hydrogen-bond acceptors (Lipinski definition) is 2. The normalized spacial score (nSPS) is 15.1. The molecule has 64 valence electrons. The summed E-state index contributed by atoms with van der Waals surface area (Å²) in [6, 6.07) is 0. The molecule has 0 radical (unpaired) electrons. The largest absolute Gasteiger partial charge is 0.450 e. The third kappa shape index (κ3) is 2.09. The van der Waals surface area contributed by atoms with E-state index >= 15 is 0 Å². The van der Waals surface area contributed by atoms with E-state index in [2.05, 4.69) is 6.58 Å². The Hall–Kier alpha value is -1.31. The van der Waals surface area contributed by atoms with Gasteiger partial charge in [-0.05, 0) is 18.6 Å². The molecule has 0 aliphatic heterocycles. The molecule has 1 aliphatic rings. The predicted octanol–water partition coefficient (Wildman–Crippen LogP) is 1.99. The molecule has 2 heteroatoms. The van der Waals surface area contributed by atoms with Crippen LogP contribution in [0.4, 0.5) is 0 Å². The number of carbonyl (C=O) groups excluding carboxylic acids is 1. The van der Waals surface area contributed by atoms with Crippen LogP contribution in [0, 0.1) is 0 Å². The molecule has 0 fully saturated rings. The zero-order valence-electron chi connectivity index (χ0n) is 7.12. The van der Waals surface area contributed by atoms with Gasteiger partial charge in [0.05, 0.1) is 0 Å². The zero-order valence-corrected chi connectivity index (χ0v) is 7.12. The first-order chi connectivity index (χ1) is 5.74. The molecular formula is C10H12O2. The van der Waals surface area contributed by atoms with Crippen LogP contribution in [0.2, 0.25) is 0 Å². The number of esters is 1. The van der Waals surface area contributed by atoms with Crippen LogP contribution in [0.1, 0.15) is 13.3 Å². The molecular weight excluding hydrogens is 152 g/mol. The van der Waals surface area contributed by atoms with Gasteiger partial charge >= 0.3 is 5.97 Å². The SMILES string of the molecule is C=C(CC)C(=O)OC1C=CC=C1. The molecule has 1 aliphatic carbocycles. The van der Waals surface area contributed by atoms with Crippen LogP contribution in [0.5, 0.6) is 0 Å². The Morgan fingerprint density at radius 3 is 2.58 bits per heavy atom. The van der Waals surface area contributed by atoms with E-state index in [-0.39, 0.29) is 12.1 Å². The molecule has 12 heavy (non-hydrogen) atoms. The van der Waals surface area contributed by atoms with Crippen molar-refractivity contribution in [3.8, 4) is 0 Å². The molecule has 1 rings (SSSR count). The van der Waals surface area contributed by atoms with Gasteiger partial charge in [0.2, 0.25) is 0 Å². The van der Waals surface area contributed by atoms with Crippen molar-refractivity contribution in [3.63, 3.8) is 0 Å². The van der Waals surface area contributed by atoms with Gasteiger partial charge in [-0.25, -0.2) is 4.79 Å². The topological polar surface area (TPSA) is 26.3 Å². The first-order valence-electron chi connectivity index (χ1n) is 3.97. The molecule has 0 N–H and O–H groups in total. The van der Waals surface area contributed by atoms with Crippen molar-refractivity contribution in [1.29, 1.82) is 0 Å². The van der Waals surface area contributed by atoms with Gasteiger partial charge in [0.1, 0.15) is 6.10 Å². The highest BCUT2D eigenvalue weighted by Gasteiger charge is 2.11. The second-order valence-electron chi connectivity index (χ2n) is 2.60. The zero-order chi connectivity index (χ0) is 8.97. The van der Waals surface area contributed by atoms with Gasteiger partial charge in [-0.2, -0.15) is 0 Å². The Balaban J connectivity index is 2.41. The van der Waals surface area contributed by atoms with E-state index in [0.717, 1.165) is 0 Å². The lowest BCUT2D eigenvalue weighted by atomic mass is 10.2. The summed E-state index contributed by atoms with van der Waals surface area (Å²) in [6.45, 7) is 5.47. The van der Waals surface area contributed by atoms with Gasteiger partial charge in [-0.3, -0.25) is 0 Å². The number of hydrogen-bond donors (Lipinski definition) is 0. The van der Waals surface area contributed by atoms with Gasteiger partial charge < -0.3 is 4.74 Å². The van der Waals surface area contributed by atoms with Crippen LogP contribution in [-0.2, 0) is 9.53 Å². The summed E-state index contributed by atoms with van der Waals surface area (Å²) in [4.78, 5) is 11.1. The van der Waals surface area contributed by atoms with Crippen molar-refractivity contribution in [1.82, 2.24) is 0 Å². The second kappa shape index (κ2) is 3.90. The summed E-state index contributed by atoms with van der Waals surface area (Å²) in [7, 11) is 0. The van der Waals surface area contributed by atoms with E-state index in [1.165, 1.54) is 0 Å². The van der Waals surface area contributed by atoms with Crippen LogP contribution in [0.25, 0.3) is 0 Å². The van der Waals surface area contributed by atoms with E-state index in [0.29, 0.717) is 12.0 Å². The molecule has 0 saturated carbocycles. The van der Waals surface area contributed by atoms with Crippen molar-refractivity contribution < 1.29 is 9.53 Å². The summed E-state index contributed by atoms with van der Waals surface area (Å²) in [5, 5.41) is 0. The lowest BCUT2D eigenvalue weighted by Crippen LogP contribution is -2.13. The first-order valence-corrected chi connectivity index (χ1v) is 3.97. The van der Waals surface area contributed by atoms with Crippen molar-refractivity contribution in [2.24, 2.45) is 0 Å². The molecule has 0 aromatic carbocycles. The number of allylic oxidation sites excluding steroid dienone is 2. The van der Waals surface area contributed by atoms with E-state index in [9.17, 15) is 4.79 Å². The summed E-state index contributed by atoms with van der Waals surface area (Å²) in [5.41, 5.74) is 0.517. The molecule has 0 heterocycles. The smallest absolute Gasteiger partial charge is 0.334 e. The lowest BCUT2D eigenvalue weighted by Gasteiger charge is -2.08. The number of ether oxygens (including phenoxy) is 1. The van der Waals surface area contributed by atoms with Gasteiger partial charge in [0.15, 0.2) is 0 Å². The maximum absolute atomic E-state index is 11.1. The summed E-state index contributed by atoms with van der Waals surface area (Å²) in [5.74, 6) is -0.307. The molecule has 0 spiro atoms. The Bertz CT molecular complexity index is 237. The molecule has 0 bridgehead atoms. The minimum absolute atomic E-state index is 0.194. The standard InChI is InChI=1S/C10H12O2/c1-3-8(2)10(11)12-9-6-4-5-7-9/h4-7,9H,2-3H2,1H3. The van der Waals surface area contributed by atoms with E-state index < -0.39 is 0 Å². The monoisotopic (exact) mass is 164 g/mol. The van der Waals surface area contributed by atoms with Crippen LogP contribution in [0.3, 0.4) is 0 Å². The molecule has 0 unspecified atom stereocenters. The van der Waals surface area contributed by atoms with E-state index in [1.807, 2.05) is 31.2 Å². The molecule has 2 nitrogen and oxygen atoms in total. The first kappa shape index (κ1) is 8.78. The fraction of sp³-hybridized carbons (Fsp3) is 0.300. The second-order valence-corrected chi connectivity index (χ2v) is 2.60. The van der Waals surface area contributed by atoms with Crippen LogP contribution < -0.4 is 0 Å². The van der Waals surface area contributed by atoms with Gasteiger partial charge in [-0.1, -0.05) is 25.7 Å². The Morgan fingerprint density at radius 2 is 2.08 bits per heavy atom. The van der Waals surface area contributed by atoms with Gasteiger partial charge in [-0.15, -0.1) is 0 Å². The van der Waals surface area contributed by atoms with Crippen molar-refractivity contribution in [2.75, 3.05) is 0 Å². The van der Waals surface area contributed by atoms with Crippen LogP contribution >= 0.6 is 0 Å². The van der Waals surface area contributed by atoms with Gasteiger partial charge in [0.25, 0.3) is 0 Å². The van der Waals surface area contributed by atoms with Crippen LogP contribution in [0.15, 0.2) is 36.5 Å². The van der Waals surface area contributed by atoms with E-state index in [4.69, 9.17) is 4.74 Å². The predicted molar refractivity (Wildman–Crippen MR) is 47.6 cm³/mol. The number of carbonyl (C=O) groups is 1. The molecule has 0 aromatic rings. The lowest BCUT2D eigenvalue weighted by molar-refractivity contribution is -0.140. The van der Waals surface area contributed by atoms with Crippen molar-refractivity contribution >= 4 is 5.97 Å².